The van der Waals surface area contributed by atoms with Crippen LogP contribution in [-0.2, 0) is 22.6 Å². The highest BCUT2D eigenvalue weighted by Gasteiger charge is 2.15. The molecule has 3 rings (SSSR count). The second-order valence-electron chi connectivity index (χ2n) is 5.96. The number of rotatable bonds is 5. The lowest BCUT2D eigenvalue weighted by molar-refractivity contribution is -0.139. The number of ether oxygens (including phenoxy) is 2. The number of nitriles is 1. The van der Waals surface area contributed by atoms with Crippen LogP contribution in [0.3, 0.4) is 0 Å². The Kier molecular flexibility index (Phi) is 5.19. The summed E-state index contributed by atoms with van der Waals surface area (Å²) in [5.74, 6) is 0.303. The van der Waals surface area contributed by atoms with Gasteiger partial charge < -0.3 is 9.47 Å². The standard InChI is InChI=1S/C20H18N2O3S/c1-12-4-5-14(13(2)22-12)10-25-17-6-15(9-21)20-16(7-19(23)24-3)11-26-18(20)8-17/h4-6,8,11H,7,10H2,1-3H3. The molecule has 2 heterocycles. The van der Waals surface area contributed by atoms with Crippen LogP contribution < -0.4 is 4.74 Å². The number of benzene rings is 1. The minimum atomic E-state index is -0.323. The van der Waals surface area contributed by atoms with Crippen molar-refractivity contribution in [3.05, 3.63) is 57.7 Å². The predicted octanol–water partition coefficient (Wildman–Crippen LogP) is 4.08. The second kappa shape index (κ2) is 7.54. The number of aromatic nitrogens is 1. The van der Waals surface area contributed by atoms with Crippen molar-refractivity contribution in [2.24, 2.45) is 0 Å². The molecule has 6 heteroatoms. The van der Waals surface area contributed by atoms with Crippen molar-refractivity contribution in [2.45, 2.75) is 26.9 Å². The van der Waals surface area contributed by atoms with Gasteiger partial charge in [-0.15, -0.1) is 11.3 Å². The maximum Gasteiger partial charge on any atom is 0.310 e. The van der Waals surface area contributed by atoms with Gasteiger partial charge in [-0.25, -0.2) is 0 Å². The first-order valence-corrected chi connectivity index (χ1v) is 8.96. The van der Waals surface area contributed by atoms with Crippen LogP contribution in [0.2, 0.25) is 0 Å². The molecule has 3 aromatic rings. The topological polar surface area (TPSA) is 72.2 Å². The molecular formula is C20H18N2O3S. The zero-order chi connectivity index (χ0) is 18.7. The Balaban J connectivity index is 1.88. The summed E-state index contributed by atoms with van der Waals surface area (Å²) >= 11 is 1.49. The molecule has 0 atom stereocenters. The van der Waals surface area contributed by atoms with Crippen LogP contribution in [0.15, 0.2) is 29.6 Å². The van der Waals surface area contributed by atoms with Crippen molar-refractivity contribution in [1.82, 2.24) is 4.98 Å². The number of fused-ring (bicyclic) bond motifs is 1. The fourth-order valence-corrected chi connectivity index (χ4v) is 3.78. The molecule has 0 aliphatic carbocycles. The summed E-state index contributed by atoms with van der Waals surface area (Å²) in [5, 5.41) is 12.2. The predicted molar refractivity (Wildman–Crippen MR) is 100 cm³/mol. The van der Waals surface area contributed by atoms with E-state index in [1.54, 1.807) is 6.07 Å². The lowest BCUT2D eigenvalue weighted by atomic mass is 10.0. The molecule has 0 amide bonds. The first-order chi connectivity index (χ1) is 12.5. The van der Waals surface area contributed by atoms with Gasteiger partial charge in [0.15, 0.2) is 0 Å². The first kappa shape index (κ1) is 17.9. The molecule has 0 saturated heterocycles. The summed E-state index contributed by atoms with van der Waals surface area (Å²) in [6, 6.07) is 9.78. The van der Waals surface area contributed by atoms with E-state index in [0.29, 0.717) is 17.9 Å². The average Bonchev–Trinajstić information content (AvgIpc) is 3.03. The Hall–Kier alpha value is -2.91. The van der Waals surface area contributed by atoms with Crippen molar-refractivity contribution in [3.63, 3.8) is 0 Å². The van der Waals surface area contributed by atoms with E-state index in [0.717, 1.165) is 32.6 Å². The van der Waals surface area contributed by atoms with Gasteiger partial charge in [-0.2, -0.15) is 5.26 Å². The van der Waals surface area contributed by atoms with E-state index in [1.807, 2.05) is 37.4 Å². The van der Waals surface area contributed by atoms with Gasteiger partial charge in [-0.3, -0.25) is 9.78 Å². The van der Waals surface area contributed by atoms with Crippen LogP contribution in [0, 0.1) is 25.2 Å². The van der Waals surface area contributed by atoms with Crippen LogP contribution >= 0.6 is 11.3 Å². The van der Waals surface area contributed by atoms with Crippen LogP contribution in [0.5, 0.6) is 5.75 Å². The molecule has 0 aliphatic heterocycles. The summed E-state index contributed by atoms with van der Waals surface area (Å²) < 4.78 is 11.5. The van der Waals surface area contributed by atoms with Crippen molar-refractivity contribution in [3.8, 4) is 11.8 Å². The van der Waals surface area contributed by atoms with Crippen molar-refractivity contribution in [2.75, 3.05) is 7.11 Å². The number of hydrogen-bond donors (Lipinski definition) is 0. The monoisotopic (exact) mass is 366 g/mol. The van der Waals surface area contributed by atoms with Gasteiger partial charge in [0.05, 0.1) is 25.2 Å². The van der Waals surface area contributed by atoms with Gasteiger partial charge >= 0.3 is 5.97 Å². The Morgan fingerprint density at radius 3 is 2.77 bits per heavy atom. The molecule has 0 bridgehead atoms. The Bertz CT molecular complexity index is 1020. The largest absolute Gasteiger partial charge is 0.489 e. The van der Waals surface area contributed by atoms with E-state index >= 15 is 0 Å². The summed E-state index contributed by atoms with van der Waals surface area (Å²) in [6.45, 7) is 4.29. The van der Waals surface area contributed by atoms with Gasteiger partial charge in [0.2, 0.25) is 0 Å². The minimum Gasteiger partial charge on any atom is -0.489 e. The summed E-state index contributed by atoms with van der Waals surface area (Å²) in [4.78, 5) is 16.0. The molecule has 0 fully saturated rings. The number of methoxy groups -OCH3 is 1. The lowest BCUT2D eigenvalue weighted by Crippen LogP contribution is -2.04. The van der Waals surface area contributed by atoms with Crippen molar-refractivity contribution in [1.29, 1.82) is 5.26 Å². The number of aryl methyl sites for hydroxylation is 2. The molecular weight excluding hydrogens is 348 g/mol. The third kappa shape index (κ3) is 3.68. The van der Waals surface area contributed by atoms with Gasteiger partial charge in [0.25, 0.3) is 0 Å². The highest BCUT2D eigenvalue weighted by Crippen LogP contribution is 2.33. The van der Waals surface area contributed by atoms with Gasteiger partial charge in [-0.1, -0.05) is 6.07 Å². The molecule has 0 spiro atoms. The molecule has 0 N–H and O–H groups in total. The Morgan fingerprint density at radius 1 is 1.27 bits per heavy atom. The van der Waals surface area contributed by atoms with E-state index in [1.165, 1.54) is 18.4 Å². The molecule has 0 saturated carbocycles. The number of nitrogens with zero attached hydrogens (tertiary/aromatic N) is 2. The maximum atomic E-state index is 11.6. The summed E-state index contributed by atoms with van der Waals surface area (Å²) in [7, 11) is 1.36. The van der Waals surface area contributed by atoms with Crippen LogP contribution in [0.25, 0.3) is 10.1 Å². The molecule has 26 heavy (non-hydrogen) atoms. The number of carbonyl (C=O) groups is 1. The number of esters is 1. The van der Waals surface area contributed by atoms with Crippen LogP contribution in [0.1, 0.15) is 28.1 Å². The van der Waals surface area contributed by atoms with Gasteiger partial charge in [-0.05, 0) is 43.0 Å². The van der Waals surface area contributed by atoms with Crippen LogP contribution in [-0.4, -0.2) is 18.1 Å². The molecule has 0 aliphatic rings. The highest BCUT2D eigenvalue weighted by molar-refractivity contribution is 7.17. The smallest absolute Gasteiger partial charge is 0.310 e. The molecule has 1 aromatic carbocycles. The van der Waals surface area contributed by atoms with Gasteiger partial charge in [0.1, 0.15) is 12.4 Å². The van der Waals surface area contributed by atoms with E-state index in [9.17, 15) is 10.1 Å². The number of thiophene rings is 1. The number of carbonyl (C=O) groups excluding carboxylic acids is 1. The zero-order valence-corrected chi connectivity index (χ0v) is 15.6. The highest BCUT2D eigenvalue weighted by atomic mass is 32.1. The quantitative estimate of drug-likeness (QED) is 0.636. The minimum absolute atomic E-state index is 0.152. The van der Waals surface area contributed by atoms with Crippen molar-refractivity contribution < 1.29 is 14.3 Å². The maximum absolute atomic E-state index is 11.6. The number of hydrogen-bond acceptors (Lipinski definition) is 6. The lowest BCUT2D eigenvalue weighted by Gasteiger charge is -2.10. The van der Waals surface area contributed by atoms with Gasteiger partial charge in [0, 0.05) is 27.0 Å². The van der Waals surface area contributed by atoms with E-state index < -0.39 is 0 Å². The third-order valence-electron chi connectivity index (χ3n) is 4.14. The van der Waals surface area contributed by atoms with E-state index in [4.69, 9.17) is 9.47 Å². The normalized spacial score (nSPS) is 10.5. The summed E-state index contributed by atoms with van der Waals surface area (Å²) in [6.07, 6.45) is 0.152. The zero-order valence-electron chi connectivity index (χ0n) is 14.8. The molecule has 2 aromatic heterocycles. The first-order valence-electron chi connectivity index (χ1n) is 8.08. The Morgan fingerprint density at radius 2 is 2.08 bits per heavy atom. The fraction of sp³-hybridized carbons (Fsp3) is 0.250. The molecule has 0 unspecified atom stereocenters. The third-order valence-corrected chi connectivity index (χ3v) is 5.11. The molecule has 5 nitrogen and oxygen atoms in total. The SMILES string of the molecule is COC(=O)Cc1csc2cc(OCc3ccc(C)nc3C)cc(C#N)c12. The average molecular weight is 366 g/mol. The van der Waals surface area contributed by atoms with Crippen LogP contribution in [0.4, 0.5) is 0 Å². The van der Waals surface area contributed by atoms with Crippen molar-refractivity contribution >= 4 is 27.4 Å². The van der Waals surface area contributed by atoms with E-state index in [2.05, 4.69) is 11.1 Å². The fourth-order valence-electron chi connectivity index (χ4n) is 2.77. The number of pyridine rings is 1. The van der Waals surface area contributed by atoms with E-state index in [-0.39, 0.29) is 12.4 Å². The summed E-state index contributed by atoms with van der Waals surface area (Å²) in [5.41, 5.74) is 4.21. The second-order valence-corrected chi connectivity index (χ2v) is 6.87. The molecule has 132 valence electrons. The molecule has 0 radical (unpaired) electrons. The Labute approximate surface area is 155 Å².